The first kappa shape index (κ1) is 23.6. The van der Waals surface area contributed by atoms with Crippen LogP contribution < -0.4 is 10.5 Å². The molecule has 1 aliphatic carbocycles. The number of nitrogens with zero attached hydrogens (tertiary/aromatic N) is 1. The molecule has 176 valence electrons. The zero-order chi connectivity index (χ0) is 23.4. The van der Waals surface area contributed by atoms with Gasteiger partial charge in [-0.2, -0.15) is 0 Å². The lowest BCUT2D eigenvalue weighted by Crippen LogP contribution is -2.25. The van der Waals surface area contributed by atoms with Crippen molar-refractivity contribution in [2.24, 2.45) is 5.73 Å². The summed E-state index contributed by atoms with van der Waals surface area (Å²) in [7, 11) is -0.269. The van der Waals surface area contributed by atoms with Crippen molar-refractivity contribution in [3.05, 3.63) is 65.4 Å². The first-order chi connectivity index (χ1) is 16.0. The third kappa shape index (κ3) is 5.01. The lowest BCUT2D eigenvalue weighted by atomic mass is 9.84. The minimum atomic E-state index is -3.04. The monoisotopic (exact) mass is 470 g/mol. The number of fused-ring (bicyclic) bond motifs is 3. The van der Waals surface area contributed by atoms with Gasteiger partial charge in [-0.25, -0.2) is 0 Å². The highest BCUT2D eigenvalue weighted by Gasteiger charge is 2.31. The Hall–Kier alpha value is -2.60. The Morgan fingerprint density at radius 3 is 2.61 bits per heavy atom. The van der Waals surface area contributed by atoms with Crippen molar-refractivity contribution in [1.82, 2.24) is 4.57 Å². The summed E-state index contributed by atoms with van der Waals surface area (Å²) in [6.07, 6.45) is 3.44. The molecule has 8 heteroatoms. The van der Waals surface area contributed by atoms with E-state index < -0.39 is 7.60 Å². The fourth-order valence-electron chi connectivity index (χ4n) is 4.72. The van der Waals surface area contributed by atoms with Gasteiger partial charge in [0.1, 0.15) is 5.75 Å². The molecular formula is C25H31N2O5P. The fraction of sp³-hybridized carbons (Fsp3) is 0.400. The fourth-order valence-corrected chi connectivity index (χ4v) is 5.75. The van der Waals surface area contributed by atoms with Crippen molar-refractivity contribution in [3.63, 3.8) is 0 Å². The van der Waals surface area contributed by atoms with Crippen molar-refractivity contribution >= 4 is 24.4 Å². The Bertz CT molecular complexity index is 1170. The van der Waals surface area contributed by atoms with Crippen LogP contribution >= 0.6 is 7.60 Å². The van der Waals surface area contributed by atoms with Crippen LogP contribution in [0.3, 0.4) is 0 Å². The number of hydrogen-bond acceptors (Lipinski definition) is 5. The van der Waals surface area contributed by atoms with E-state index in [-0.39, 0.29) is 18.0 Å². The van der Waals surface area contributed by atoms with E-state index in [0.717, 1.165) is 42.3 Å². The molecule has 0 saturated heterocycles. The molecule has 4 rings (SSSR count). The van der Waals surface area contributed by atoms with E-state index in [1.807, 2.05) is 30.3 Å². The predicted molar refractivity (Wildman–Crippen MR) is 129 cm³/mol. The van der Waals surface area contributed by atoms with E-state index in [0.29, 0.717) is 18.8 Å². The Morgan fingerprint density at radius 2 is 1.91 bits per heavy atom. The number of rotatable bonds is 10. The number of carbonyl (C=O) groups is 1. The van der Waals surface area contributed by atoms with E-state index in [9.17, 15) is 9.36 Å². The normalized spacial score (nSPS) is 16.0. The molecule has 2 N–H and O–H groups in total. The molecule has 1 amide bonds. The standard InChI is InChI=1S/C25H31N2O5P/c1-30-33(29,31-2)15-7-14-32-19-12-13-22-21(16-19)24-20(25(26)28)10-6-11-23(24)27(22)17-18-8-4-3-5-9-18/h3-5,8-9,12-13,16,20H,6-7,10-11,14-15,17H2,1-2H3,(H2,26,28). The van der Waals surface area contributed by atoms with Crippen molar-refractivity contribution in [2.75, 3.05) is 27.0 Å². The molecule has 1 heterocycles. The smallest absolute Gasteiger partial charge is 0.330 e. The van der Waals surface area contributed by atoms with Gasteiger partial charge in [-0.3, -0.25) is 9.36 Å². The molecule has 1 aliphatic rings. The topological polar surface area (TPSA) is 92.8 Å². The second kappa shape index (κ2) is 10.1. The molecule has 2 aromatic carbocycles. The van der Waals surface area contributed by atoms with Gasteiger partial charge in [-0.05, 0) is 55.0 Å². The maximum Gasteiger partial charge on any atom is 0.330 e. The van der Waals surface area contributed by atoms with Crippen LogP contribution in [0.5, 0.6) is 5.75 Å². The number of ether oxygens (including phenoxy) is 1. The van der Waals surface area contributed by atoms with E-state index in [4.69, 9.17) is 19.5 Å². The van der Waals surface area contributed by atoms with Crippen molar-refractivity contribution in [3.8, 4) is 5.75 Å². The number of primary amides is 1. The number of hydrogen-bond donors (Lipinski definition) is 1. The van der Waals surface area contributed by atoms with Gasteiger partial charge in [-0.15, -0.1) is 0 Å². The van der Waals surface area contributed by atoms with Crippen LogP contribution in [0, 0.1) is 0 Å². The van der Waals surface area contributed by atoms with Crippen LogP contribution in [0.4, 0.5) is 0 Å². The predicted octanol–water partition coefficient (Wildman–Crippen LogP) is 4.85. The summed E-state index contributed by atoms with van der Waals surface area (Å²) >= 11 is 0. The van der Waals surface area contributed by atoms with Gasteiger partial charge < -0.3 is 24.1 Å². The molecule has 0 spiro atoms. The summed E-state index contributed by atoms with van der Waals surface area (Å²) in [6, 6.07) is 16.3. The highest BCUT2D eigenvalue weighted by atomic mass is 31.2. The summed E-state index contributed by atoms with van der Waals surface area (Å²) in [5.74, 6) is 0.134. The van der Waals surface area contributed by atoms with Gasteiger partial charge in [0.25, 0.3) is 0 Å². The Balaban J connectivity index is 1.65. The summed E-state index contributed by atoms with van der Waals surface area (Å²) in [4.78, 5) is 12.3. The van der Waals surface area contributed by atoms with Crippen LogP contribution in [0.1, 0.15) is 42.0 Å². The summed E-state index contributed by atoms with van der Waals surface area (Å²) in [6.45, 7) is 1.12. The van der Waals surface area contributed by atoms with Crippen LogP contribution in [0.25, 0.3) is 10.9 Å². The molecule has 1 atom stereocenters. The molecule has 7 nitrogen and oxygen atoms in total. The third-order valence-electron chi connectivity index (χ3n) is 6.37. The van der Waals surface area contributed by atoms with E-state index in [2.05, 4.69) is 22.8 Å². The Labute approximate surface area is 194 Å². The van der Waals surface area contributed by atoms with Crippen LogP contribution in [0.2, 0.25) is 0 Å². The largest absolute Gasteiger partial charge is 0.494 e. The molecule has 3 aromatic rings. The molecular weight excluding hydrogens is 439 g/mol. The summed E-state index contributed by atoms with van der Waals surface area (Å²) in [5.41, 5.74) is 10.3. The minimum absolute atomic E-state index is 0.282. The second-order valence-corrected chi connectivity index (χ2v) is 10.8. The number of aromatic nitrogens is 1. The number of carbonyl (C=O) groups excluding carboxylic acids is 1. The zero-order valence-corrected chi connectivity index (χ0v) is 20.1. The van der Waals surface area contributed by atoms with Gasteiger partial charge in [0.2, 0.25) is 5.91 Å². The number of amides is 1. The van der Waals surface area contributed by atoms with Gasteiger partial charge in [0, 0.05) is 37.4 Å². The van der Waals surface area contributed by atoms with Gasteiger partial charge >= 0.3 is 7.60 Å². The third-order valence-corrected chi connectivity index (χ3v) is 8.35. The van der Waals surface area contributed by atoms with Crippen molar-refractivity contribution in [2.45, 2.75) is 38.1 Å². The maximum absolute atomic E-state index is 12.3. The van der Waals surface area contributed by atoms with Crippen LogP contribution in [-0.2, 0) is 31.4 Å². The molecule has 1 unspecified atom stereocenters. The first-order valence-corrected chi connectivity index (χ1v) is 13.0. The quantitative estimate of drug-likeness (QED) is 0.338. The molecule has 0 aliphatic heterocycles. The molecule has 1 aromatic heterocycles. The number of nitrogens with two attached hydrogens (primary N) is 1. The number of benzene rings is 2. The molecule has 0 fully saturated rings. The van der Waals surface area contributed by atoms with Gasteiger partial charge in [0.15, 0.2) is 0 Å². The Morgan fingerprint density at radius 1 is 1.15 bits per heavy atom. The first-order valence-electron chi connectivity index (χ1n) is 11.3. The van der Waals surface area contributed by atoms with Gasteiger partial charge in [-0.1, -0.05) is 30.3 Å². The average Bonchev–Trinajstić information content (AvgIpc) is 3.15. The summed E-state index contributed by atoms with van der Waals surface area (Å²) in [5, 5.41) is 1.02. The minimum Gasteiger partial charge on any atom is -0.494 e. The SMILES string of the molecule is COP(=O)(CCCOc1ccc2c(c1)c1c(n2Cc2ccccc2)CCCC1C(N)=O)OC. The molecule has 0 radical (unpaired) electrons. The van der Waals surface area contributed by atoms with Crippen molar-refractivity contribution < 1.29 is 23.1 Å². The maximum atomic E-state index is 12.3. The van der Waals surface area contributed by atoms with E-state index in [1.165, 1.54) is 25.5 Å². The van der Waals surface area contributed by atoms with Crippen LogP contribution in [-0.4, -0.2) is 37.5 Å². The summed E-state index contributed by atoms with van der Waals surface area (Å²) < 4.78 is 30.4. The zero-order valence-electron chi connectivity index (χ0n) is 19.2. The highest BCUT2D eigenvalue weighted by molar-refractivity contribution is 7.53. The van der Waals surface area contributed by atoms with Crippen LogP contribution in [0.15, 0.2) is 48.5 Å². The molecule has 33 heavy (non-hydrogen) atoms. The lowest BCUT2D eigenvalue weighted by molar-refractivity contribution is -0.119. The molecule has 0 saturated carbocycles. The highest BCUT2D eigenvalue weighted by Crippen LogP contribution is 2.46. The molecule has 0 bridgehead atoms. The van der Waals surface area contributed by atoms with Gasteiger partial charge in [0.05, 0.1) is 18.7 Å². The second-order valence-electron chi connectivity index (χ2n) is 8.36. The average molecular weight is 471 g/mol. The Kier molecular flexibility index (Phi) is 7.23. The van der Waals surface area contributed by atoms with Crippen molar-refractivity contribution in [1.29, 1.82) is 0 Å². The van der Waals surface area contributed by atoms with E-state index in [1.54, 1.807) is 0 Å². The van der Waals surface area contributed by atoms with E-state index >= 15 is 0 Å². The lowest BCUT2D eigenvalue weighted by Gasteiger charge is -2.22.